The average molecular weight is 214 g/mol. The lowest BCUT2D eigenvalue weighted by atomic mass is 10.1. The lowest BCUT2D eigenvalue weighted by Gasteiger charge is -2.29. The number of carbonyl (C=O) groups excluding carboxylic acids is 1. The van der Waals surface area contributed by atoms with Gasteiger partial charge in [-0.15, -0.1) is 0 Å². The maximum absolute atomic E-state index is 12.0. The second-order valence-corrected chi connectivity index (χ2v) is 5.08. The van der Waals surface area contributed by atoms with Crippen molar-refractivity contribution in [1.82, 2.24) is 4.90 Å². The number of hydrogen-bond donors (Lipinski definition) is 1. The van der Waals surface area contributed by atoms with E-state index < -0.39 is 0 Å². The smallest absolute Gasteiger partial charge is 0.223 e. The van der Waals surface area contributed by atoms with Gasteiger partial charge in [0.05, 0.1) is 0 Å². The van der Waals surface area contributed by atoms with Crippen LogP contribution in [0.5, 0.6) is 0 Å². The zero-order chi connectivity index (χ0) is 12.0. The molecule has 15 heavy (non-hydrogen) atoms. The van der Waals surface area contributed by atoms with Crippen LogP contribution in [0.25, 0.3) is 0 Å². The van der Waals surface area contributed by atoms with Crippen molar-refractivity contribution in [3.63, 3.8) is 0 Å². The second-order valence-electron chi connectivity index (χ2n) is 5.08. The Morgan fingerprint density at radius 2 is 1.73 bits per heavy atom. The summed E-state index contributed by atoms with van der Waals surface area (Å²) in [4.78, 5) is 13.9. The standard InChI is InChI=1S/C12H26N2O/c1-9(2)8-14(10(3)4)12(15)6-11(5)7-13/h9-11H,6-8,13H2,1-5H3. The summed E-state index contributed by atoms with van der Waals surface area (Å²) in [6, 6.07) is 0.282. The number of nitrogens with two attached hydrogens (primary N) is 1. The van der Waals surface area contributed by atoms with Gasteiger partial charge in [-0.3, -0.25) is 4.79 Å². The van der Waals surface area contributed by atoms with Gasteiger partial charge in [-0.1, -0.05) is 20.8 Å². The van der Waals surface area contributed by atoms with Crippen molar-refractivity contribution in [2.45, 2.75) is 47.1 Å². The van der Waals surface area contributed by atoms with Gasteiger partial charge in [0.25, 0.3) is 0 Å². The van der Waals surface area contributed by atoms with Gasteiger partial charge < -0.3 is 10.6 Å². The summed E-state index contributed by atoms with van der Waals surface area (Å²) < 4.78 is 0. The Hall–Kier alpha value is -0.570. The maximum Gasteiger partial charge on any atom is 0.223 e. The highest BCUT2D eigenvalue weighted by atomic mass is 16.2. The van der Waals surface area contributed by atoms with E-state index >= 15 is 0 Å². The van der Waals surface area contributed by atoms with Gasteiger partial charge in [0, 0.05) is 19.0 Å². The molecule has 0 aliphatic carbocycles. The van der Waals surface area contributed by atoms with Crippen molar-refractivity contribution in [2.24, 2.45) is 17.6 Å². The molecule has 1 unspecified atom stereocenters. The molecule has 0 heterocycles. The third-order valence-corrected chi connectivity index (χ3v) is 2.43. The van der Waals surface area contributed by atoms with Crippen LogP contribution < -0.4 is 5.73 Å². The Bertz CT molecular complexity index is 190. The minimum absolute atomic E-state index is 0.233. The number of rotatable bonds is 6. The molecule has 0 aliphatic rings. The monoisotopic (exact) mass is 214 g/mol. The Morgan fingerprint density at radius 3 is 2.07 bits per heavy atom. The lowest BCUT2D eigenvalue weighted by Crippen LogP contribution is -2.40. The van der Waals surface area contributed by atoms with Crippen LogP contribution in [0.4, 0.5) is 0 Å². The van der Waals surface area contributed by atoms with Crippen molar-refractivity contribution in [3.05, 3.63) is 0 Å². The summed E-state index contributed by atoms with van der Waals surface area (Å²) in [5.74, 6) is 1.03. The molecule has 0 aromatic carbocycles. The predicted octanol–water partition coefficient (Wildman–Crippen LogP) is 1.86. The molecule has 0 aromatic heterocycles. The number of hydrogen-bond acceptors (Lipinski definition) is 2. The van der Waals surface area contributed by atoms with E-state index in [1.54, 1.807) is 0 Å². The van der Waals surface area contributed by atoms with E-state index in [-0.39, 0.29) is 17.9 Å². The van der Waals surface area contributed by atoms with E-state index in [2.05, 4.69) is 27.7 Å². The van der Waals surface area contributed by atoms with Crippen LogP contribution in [-0.2, 0) is 4.79 Å². The highest BCUT2D eigenvalue weighted by Crippen LogP contribution is 2.10. The molecule has 1 atom stereocenters. The summed E-state index contributed by atoms with van der Waals surface area (Å²) >= 11 is 0. The molecule has 0 fully saturated rings. The molecule has 1 amide bonds. The number of nitrogens with zero attached hydrogens (tertiary/aromatic N) is 1. The third-order valence-electron chi connectivity index (χ3n) is 2.43. The van der Waals surface area contributed by atoms with Crippen LogP contribution in [0.15, 0.2) is 0 Å². The van der Waals surface area contributed by atoms with Crippen LogP contribution in [0.1, 0.15) is 41.0 Å². The van der Waals surface area contributed by atoms with E-state index in [9.17, 15) is 4.79 Å². The first-order chi connectivity index (χ1) is 6.88. The van der Waals surface area contributed by atoms with Gasteiger partial charge in [0.2, 0.25) is 5.91 Å². The number of amides is 1. The zero-order valence-corrected chi connectivity index (χ0v) is 10.8. The Labute approximate surface area is 94.0 Å². The SMILES string of the molecule is CC(C)CN(C(=O)CC(C)CN)C(C)C. The molecular formula is C12H26N2O. The van der Waals surface area contributed by atoms with Gasteiger partial charge >= 0.3 is 0 Å². The van der Waals surface area contributed by atoms with Crippen molar-refractivity contribution in [1.29, 1.82) is 0 Å². The third kappa shape index (κ3) is 5.78. The van der Waals surface area contributed by atoms with Crippen molar-refractivity contribution in [2.75, 3.05) is 13.1 Å². The first kappa shape index (κ1) is 14.4. The summed E-state index contributed by atoms with van der Waals surface area (Å²) in [5, 5.41) is 0. The average Bonchev–Trinajstić information content (AvgIpc) is 2.12. The van der Waals surface area contributed by atoms with Crippen LogP contribution in [0.3, 0.4) is 0 Å². The van der Waals surface area contributed by atoms with E-state index in [1.165, 1.54) is 0 Å². The highest BCUT2D eigenvalue weighted by molar-refractivity contribution is 5.76. The molecule has 0 radical (unpaired) electrons. The van der Waals surface area contributed by atoms with E-state index in [0.717, 1.165) is 6.54 Å². The molecule has 3 nitrogen and oxygen atoms in total. The molecule has 0 spiro atoms. The fourth-order valence-corrected chi connectivity index (χ4v) is 1.49. The van der Waals surface area contributed by atoms with Crippen molar-refractivity contribution >= 4 is 5.91 Å². The van der Waals surface area contributed by atoms with Crippen LogP contribution in [-0.4, -0.2) is 29.9 Å². The fourth-order valence-electron chi connectivity index (χ4n) is 1.49. The highest BCUT2D eigenvalue weighted by Gasteiger charge is 2.19. The largest absolute Gasteiger partial charge is 0.340 e. The first-order valence-electron chi connectivity index (χ1n) is 5.88. The minimum atomic E-state index is 0.233. The quantitative estimate of drug-likeness (QED) is 0.733. The lowest BCUT2D eigenvalue weighted by molar-refractivity contribution is -0.134. The Balaban J connectivity index is 4.29. The van der Waals surface area contributed by atoms with Gasteiger partial charge in [-0.2, -0.15) is 0 Å². The number of carbonyl (C=O) groups is 1. The Kier molecular flexibility index (Phi) is 6.57. The van der Waals surface area contributed by atoms with Gasteiger partial charge in [-0.25, -0.2) is 0 Å². The first-order valence-corrected chi connectivity index (χ1v) is 5.88. The van der Waals surface area contributed by atoms with E-state index in [0.29, 0.717) is 18.9 Å². The van der Waals surface area contributed by atoms with Crippen LogP contribution in [0, 0.1) is 11.8 Å². The molecule has 2 N–H and O–H groups in total. The Morgan fingerprint density at radius 1 is 1.20 bits per heavy atom. The molecule has 90 valence electrons. The summed E-state index contributed by atoms with van der Waals surface area (Å²) in [7, 11) is 0. The molecule has 3 heteroatoms. The van der Waals surface area contributed by atoms with Gasteiger partial charge in [0.15, 0.2) is 0 Å². The summed E-state index contributed by atoms with van der Waals surface area (Å²) in [6.45, 7) is 11.8. The van der Waals surface area contributed by atoms with Gasteiger partial charge in [0.1, 0.15) is 0 Å². The van der Waals surface area contributed by atoms with Gasteiger partial charge in [-0.05, 0) is 32.2 Å². The van der Waals surface area contributed by atoms with Crippen LogP contribution >= 0.6 is 0 Å². The molecule has 0 saturated heterocycles. The van der Waals surface area contributed by atoms with Crippen molar-refractivity contribution in [3.8, 4) is 0 Å². The summed E-state index contributed by atoms with van der Waals surface area (Å²) in [5.41, 5.74) is 5.53. The maximum atomic E-state index is 12.0. The molecule has 0 aromatic rings. The van der Waals surface area contributed by atoms with E-state index in [1.807, 2.05) is 11.8 Å². The zero-order valence-electron chi connectivity index (χ0n) is 10.8. The molecule has 0 bridgehead atoms. The van der Waals surface area contributed by atoms with Crippen LogP contribution in [0.2, 0.25) is 0 Å². The topological polar surface area (TPSA) is 46.3 Å². The molecule has 0 saturated carbocycles. The second kappa shape index (κ2) is 6.83. The molecular weight excluding hydrogens is 188 g/mol. The van der Waals surface area contributed by atoms with Crippen molar-refractivity contribution < 1.29 is 4.79 Å². The van der Waals surface area contributed by atoms with E-state index in [4.69, 9.17) is 5.73 Å². The fraction of sp³-hybridized carbons (Fsp3) is 0.917. The predicted molar refractivity (Wildman–Crippen MR) is 64.5 cm³/mol. The summed E-state index contributed by atoms with van der Waals surface area (Å²) in [6.07, 6.45) is 0.571. The normalized spacial score (nSPS) is 13.3. The molecule has 0 rings (SSSR count). The molecule has 0 aliphatic heterocycles. The minimum Gasteiger partial charge on any atom is -0.340 e.